The molecule has 1 aromatic carbocycles. The van der Waals surface area contributed by atoms with E-state index in [-0.39, 0.29) is 18.1 Å². The van der Waals surface area contributed by atoms with Gasteiger partial charge in [-0.3, -0.25) is 9.69 Å². The first kappa shape index (κ1) is 22.1. The molecule has 0 spiro atoms. The lowest BCUT2D eigenvalue weighted by Crippen LogP contribution is -2.35. The number of amides is 1. The van der Waals surface area contributed by atoms with E-state index < -0.39 is 0 Å². The van der Waals surface area contributed by atoms with Crippen molar-refractivity contribution < 1.29 is 13.9 Å². The van der Waals surface area contributed by atoms with E-state index in [1.165, 1.54) is 0 Å². The molecule has 1 aliphatic rings. The van der Waals surface area contributed by atoms with Crippen molar-refractivity contribution >= 4 is 5.91 Å². The Morgan fingerprint density at radius 2 is 1.91 bits per heavy atom. The van der Waals surface area contributed by atoms with Crippen molar-refractivity contribution in [2.24, 2.45) is 0 Å². The number of hydrogen-bond acceptors (Lipinski definition) is 6. The molecule has 3 heterocycles. The summed E-state index contributed by atoms with van der Waals surface area (Å²) in [6.07, 6.45) is 4.49. The Labute approximate surface area is 188 Å². The maximum atomic E-state index is 13.0. The van der Waals surface area contributed by atoms with Gasteiger partial charge >= 0.3 is 0 Å². The molecule has 0 saturated carbocycles. The Balaban J connectivity index is 1.30. The third kappa shape index (κ3) is 5.56. The van der Waals surface area contributed by atoms with E-state index in [2.05, 4.69) is 35.8 Å². The van der Waals surface area contributed by atoms with Gasteiger partial charge in [0.2, 0.25) is 5.89 Å². The molecule has 1 aliphatic heterocycles. The zero-order chi connectivity index (χ0) is 22.6. The van der Waals surface area contributed by atoms with Crippen LogP contribution in [0.25, 0.3) is 0 Å². The van der Waals surface area contributed by atoms with Crippen LogP contribution in [0, 0.1) is 0 Å². The summed E-state index contributed by atoms with van der Waals surface area (Å²) in [5.74, 6) is 2.35. The summed E-state index contributed by atoms with van der Waals surface area (Å²) >= 11 is 0. The zero-order valence-corrected chi connectivity index (χ0v) is 19.0. The first-order chi connectivity index (χ1) is 15.4. The third-order valence-corrected chi connectivity index (χ3v) is 5.49. The molecule has 0 atom stereocenters. The number of nitrogens with zero attached hydrogens (tertiary/aromatic N) is 5. The van der Waals surface area contributed by atoms with Gasteiger partial charge in [0.25, 0.3) is 5.91 Å². The highest BCUT2D eigenvalue weighted by atomic mass is 16.5. The van der Waals surface area contributed by atoms with Crippen LogP contribution in [0.1, 0.15) is 49.3 Å². The van der Waals surface area contributed by atoms with Crippen molar-refractivity contribution in [2.45, 2.75) is 45.9 Å². The van der Waals surface area contributed by atoms with Crippen LogP contribution >= 0.6 is 0 Å². The first-order valence-corrected chi connectivity index (χ1v) is 11.1. The molecule has 0 aliphatic carbocycles. The van der Waals surface area contributed by atoms with Gasteiger partial charge in [0, 0.05) is 37.8 Å². The average Bonchev–Trinajstić information content (AvgIpc) is 3.38. The highest BCUT2D eigenvalue weighted by molar-refractivity contribution is 5.92. The molecule has 8 heteroatoms. The van der Waals surface area contributed by atoms with E-state index in [1.54, 1.807) is 16.9 Å². The Morgan fingerprint density at radius 1 is 1.09 bits per heavy atom. The largest absolute Gasteiger partial charge is 0.471 e. The Kier molecular flexibility index (Phi) is 6.60. The summed E-state index contributed by atoms with van der Waals surface area (Å²) in [4.78, 5) is 21.6. The molecule has 1 fully saturated rings. The van der Waals surface area contributed by atoms with Crippen LogP contribution in [0.4, 0.5) is 0 Å². The lowest BCUT2D eigenvalue weighted by molar-refractivity contribution is 0.0752. The van der Waals surface area contributed by atoms with Crippen LogP contribution in [0.3, 0.4) is 0 Å². The standard InChI is InChI=1S/C24H31N5O3/c1-24(2,3)21-16-25-22(32-21)17-27-11-7-12-28(15-14-27)23(30)20-10-13-29(26-20)18-31-19-8-5-4-6-9-19/h4-6,8-10,13,16H,7,11-12,14-15,17-18H2,1-3H3. The highest BCUT2D eigenvalue weighted by Crippen LogP contribution is 2.23. The number of oxazole rings is 1. The molecule has 0 bridgehead atoms. The van der Waals surface area contributed by atoms with Crippen LogP contribution < -0.4 is 4.74 Å². The minimum absolute atomic E-state index is 0.0450. The van der Waals surface area contributed by atoms with Gasteiger partial charge in [-0.15, -0.1) is 0 Å². The summed E-state index contributed by atoms with van der Waals surface area (Å²) in [6, 6.07) is 11.3. The minimum atomic E-state index is -0.0528. The number of ether oxygens (including phenoxy) is 1. The Bertz CT molecular complexity index is 1020. The topological polar surface area (TPSA) is 76.6 Å². The summed E-state index contributed by atoms with van der Waals surface area (Å²) in [5, 5.41) is 4.41. The van der Waals surface area contributed by atoms with Gasteiger partial charge < -0.3 is 14.1 Å². The van der Waals surface area contributed by atoms with Gasteiger partial charge in [-0.2, -0.15) is 5.10 Å². The van der Waals surface area contributed by atoms with Crippen LogP contribution in [-0.4, -0.2) is 56.7 Å². The van der Waals surface area contributed by atoms with E-state index >= 15 is 0 Å². The molecular formula is C24H31N5O3. The minimum Gasteiger partial charge on any atom is -0.471 e. The summed E-state index contributed by atoms with van der Waals surface area (Å²) < 4.78 is 13.3. The van der Waals surface area contributed by atoms with E-state index in [1.807, 2.05) is 41.4 Å². The van der Waals surface area contributed by atoms with Crippen molar-refractivity contribution in [3.05, 3.63) is 66.1 Å². The monoisotopic (exact) mass is 437 g/mol. The molecule has 1 saturated heterocycles. The van der Waals surface area contributed by atoms with Gasteiger partial charge in [0.1, 0.15) is 11.5 Å². The number of carbonyl (C=O) groups is 1. The fourth-order valence-electron chi connectivity index (χ4n) is 3.62. The molecule has 0 radical (unpaired) electrons. The van der Waals surface area contributed by atoms with E-state index in [4.69, 9.17) is 9.15 Å². The lowest BCUT2D eigenvalue weighted by Gasteiger charge is -2.20. The van der Waals surface area contributed by atoms with Gasteiger partial charge in [-0.05, 0) is 24.6 Å². The van der Waals surface area contributed by atoms with Crippen molar-refractivity contribution in [3.8, 4) is 5.75 Å². The molecule has 0 unspecified atom stereocenters. The maximum Gasteiger partial charge on any atom is 0.274 e. The van der Waals surface area contributed by atoms with E-state index in [0.717, 1.165) is 36.9 Å². The van der Waals surface area contributed by atoms with Gasteiger partial charge in [-0.25, -0.2) is 9.67 Å². The average molecular weight is 438 g/mol. The molecule has 32 heavy (non-hydrogen) atoms. The van der Waals surface area contributed by atoms with Gasteiger partial charge in [0.05, 0.1) is 12.7 Å². The van der Waals surface area contributed by atoms with Crippen LogP contribution in [-0.2, 0) is 18.7 Å². The van der Waals surface area contributed by atoms with Crippen molar-refractivity contribution in [1.82, 2.24) is 24.6 Å². The Hall–Kier alpha value is -3.13. The molecule has 3 aromatic rings. The molecule has 0 N–H and O–H groups in total. The van der Waals surface area contributed by atoms with Crippen molar-refractivity contribution in [1.29, 1.82) is 0 Å². The highest BCUT2D eigenvalue weighted by Gasteiger charge is 2.24. The second kappa shape index (κ2) is 9.56. The van der Waals surface area contributed by atoms with Crippen LogP contribution in [0.5, 0.6) is 5.75 Å². The number of para-hydroxylation sites is 1. The fraction of sp³-hybridized carbons (Fsp3) is 0.458. The molecule has 1 amide bonds. The van der Waals surface area contributed by atoms with Crippen LogP contribution in [0.15, 0.2) is 53.2 Å². The van der Waals surface area contributed by atoms with E-state index in [0.29, 0.717) is 25.3 Å². The lowest BCUT2D eigenvalue weighted by atomic mass is 9.94. The number of carbonyl (C=O) groups excluding carboxylic acids is 1. The molecule has 170 valence electrons. The SMILES string of the molecule is CC(C)(C)c1cnc(CN2CCCN(C(=O)c3ccn(COc4ccccc4)n3)CC2)o1. The predicted molar refractivity (Wildman–Crippen MR) is 120 cm³/mol. The Morgan fingerprint density at radius 3 is 2.66 bits per heavy atom. The van der Waals surface area contributed by atoms with Crippen molar-refractivity contribution in [2.75, 3.05) is 26.2 Å². The van der Waals surface area contributed by atoms with Crippen molar-refractivity contribution in [3.63, 3.8) is 0 Å². The maximum absolute atomic E-state index is 13.0. The number of aromatic nitrogens is 3. The quantitative estimate of drug-likeness (QED) is 0.587. The second-order valence-corrected chi connectivity index (χ2v) is 9.12. The van der Waals surface area contributed by atoms with Gasteiger partial charge in [0.15, 0.2) is 12.4 Å². The first-order valence-electron chi connectivity index (χ1n) is 11.1. The number of hydrogen-bond donors (Lipinski definition) is 0. The predicted octanol–water partition coefficient (Wildman–Crippen LogP) is 3.55. The molecular weight excluding hydrogens is 406 g/mol. The molecule has 4 rings (SSSR count). The number of benzene rings is 1. The smallest absolute Gasteiger partial charge is 0.274 e. The fourth-order valence-corrected chi connectivity index (χ4v) is 3.62. The summed E-state index contributed by atoms with van der Waals surface area (Å²) in [5.41, 5.74) is 0.389. The number of rotatable bonds is 6. The zero-order valence-electron chi connectivity index (χ0n) is 19.0. The molecule has 2 aromatic heterocycles. The summed E-state index contributed by atoms with van der Waals surface area (Å²) in [6.45, 7) is 10.3. The normalized spacial score (nSPS) is 15.5. The summed E-state index contributed by atoms with van der Waals surface area (Å²) in [7, 11) is 0. The van der Waals surface area contributed by atoms with E-state index in [9.17, 15) is 4.79 Å². The van der Waals surface area contributed by atoms with Gasteiger partial charge in [-0.1, -0.05) is 39.0 Å². The van der Waals surface area contributed by atoms with Crippen LogP contribution in [0.2, 0.25) is 0 Å². The molecule has 8 nitrogen and oxygen atoms in total. The third-order valence-electron chi connectivity index (χ3n) is 5.49. The second-order valence-electron chi connectivity index (χ2n) is 9.12.